The molecule has 23 heavy (non-hydrogen) atoms. The summed E-state index contributed by atoms with van der Waals surface area (Å²) in [5, 5.41) is 20.4. The molecule has 2 aromatic rings. The van der Waals surface area contributed by atoms with Gasteiger partial charge in [0, 0.05) is 12.1 Å². The highest BCUT2D eigenvalue weighted by Crippen LogP contribution is 2.18. The number of hydrazine groups is 1. The van der Waals surface area contributed by atoms with Crippen LogP contribution in [0.1, 0.15) is 18.1 Å². The maximum atomic E-state index is 13.1. The van der Waals surface area contributed by atoms with Crippen LogP contribution < -0.4 is 10.9 Å². The number of carbonyl (C=O) groups excluding carboxylic acids is 1. The number of nitrogens with zero attached hydrogens (tertiary/aromatic N) is 1. The zero-order valence-electron chi connectivity index (χ0n) is 11.9. The van der Waals surface area contributed by atoms with Gasteiger partial charge in [-0.2, -0.15) is 0 Å². The monoisotopic (exact) mass is 319 g/mol. The van der Waals surface area contributed by atoms with E-state index in [1.54, 1.807) is 0 Å². The molecular formula is C15H14FN3O4. The highest BCUT2D eigenvalue weighted by Gasteiger charge is 2.13. The minimum atomic E-state index is -1.13. The Morgan fingerprint density at radius 3 is 2.57 bits per heavy atom. The standard InChI is InChI=1S/C15H14FN3O4/c16-11-3-1-2-10(8-11)14(20)9-15(21)18-17-12-4-6-13(7-5-12)19(22)23/h1-8,14,17,20H,9H2,(H,18,21). The van der Waals surface area contributed by atoms with Crippen LogP contribution >= 0.6 is 0 Å². The van der Waals surface area contributed by atoms with Gasteiger partial charge in [-0.15, -0.1) is 0 Å². The molecule has 0 heterocycles. The fourth-order valence-corrected chi connectivity index (χ4v) is 1.87. The van der Waals surface area contributed by atoms with Crippen molar-refractivity contribution in [2.24, 2.45) is 0 Å². The SMILES string of the molecule is O=C(CC(O)c1cccc(F)c1)NNc1ccc([N+](=O)[O-])cc1. The van der Waals surface area contributed by atoms with Crippen LogP contribution in [0.15, 0.2) is 48.5 Å². The van der Waals surface area contributed by atoms with Gasteiger partial charge in [-0.3, -0.25) is 25.8 Å². The molecule has 0 radical (unpaired) electrons. The molecule has 0 aliphatic heterocycles. The predicted octanol–water partition coefficient (Wildman–Crippen LogP) is 2.30. The van der Waals surface area contributed by atoms with Gasteiger partial charge in [0.05, 0.1) is 23.1 Å². The normalized spacial score (nSPS) is 11.6. The van der Waals surface area contributed by atoms with Crippen LogP contribution in [0.5, 0.6) is 0 Å². The smallest absolute Gasteiger partial charge is 0.269 e. The van der Waals surface area contributed by atoms with Gasteiger partial charge >= 0.3 is 0 Å². The van der Waals surface area contributed by atoms with Gasteiger partial charge in [-0.1, -0.05) is 12.1 Å². The Kier molecular flexibility index (Phi) is 5.21. The molecular weight excluding hydrogens is 305 g/mol. The Labute approximate surface area is 130 Å². The molecule has 120 valence electrons. The fraction of sp³-hybridized carbons (Fsp3) is 0.133. The number of nitrogens with one attached hydrogen (secondary N) is 2. The second-order valence-electron chi connectivity index (χ2n) is 4.75. The number of rotatable bonds is 6. The number of amides is 1. The van der Waals surface area contributed by atoms with E-state index in [0.717, 1.165) is 6.07 Å². The Morgan fingerprint density at radius 2 is 1.96 bits per heavy atom. The molecule has 0 saturated heterocycles. The van der Waals surface area contributed by atoms with Gasteiger partial charge in [0.2, 0.25) is 5.91 Å². The lowest BCUT2D eigenvalue weighted by Crippen LogP contribution is -2.30. The maximum Gasteiger partial charge on any atom is 0.269 e. The summed E-state index contributed by atoms with van der Waals surface area (Å²) < 4.78 is 13.1. The van der Waals surface area contributed by atoms with Crippen molar-refractivity contribution in [1.82, 2.24) is 5.43 Å². The van der Waals surface area contributed by atoms with E-state index in [2.05, 4.69) is 10.9 Å². The predicted molar refractivity (Wildman–Crippen MR) is 80.8 cm³/mol. The first-order valence-electron chi connectivity index (χ1n) is 6.68. The van der Waals surface area contributed by atoms with E-state index in [1.807, 2.05) is 0 Å². The minimum Gasteiger partial charge on any atom is -0.388 e. The lowest BCUT2D eigenvalue weighted by molar-refractivity contribution is -0.384. The number of anilines is 1. The van der Waals surface area contributed by atoms with Crippen LogP contribution in [0, 0.1) is 15.9 Å². The third-order valence-corrected chi connectivity index (χ3v) is 3.04. The van der Waals surface area contributed by atoms with Crippen LogP contribution in [0.4, 0.5) is 15.8 Å². The van der Waals surface area contributed by atoms with E-state index in [9.17, 15) is 24.4 Å². The zero-order chi connectivity index (χ0) is 16.8. The number of nitro benzene ring substituents is 1. The molecule has 3 N–H and O–H groups in total. The maximum absolute atomic E-state index is 13.1. The summed E-state index contributed by atoms with van der Waals surface area (Å²) in [5.41, 5.74) is 5.61. The van der Waals surface area contributed by atoms with Crippen molar-refractivity contribution < 1.29 is 19.2 Å². The van der Waals surface area contributed by atoms with Crippen LogP contribution in [-0.4, -0.2) is 15.9 Å². The molecule has 0 aliphatic carbocycles. The van der Waals surface area contributed by atoms with E-state index < -0.39 is 22.8 Å². The van der Waals surface area contributed by atoms with Crippen LogP contribution in [0.25, 0.3) is 0 Å². The summed E-state index contributed by atoms with van der Waals surface area (Å²) >= 11 is 0. The highest BCUT2D eigenvalue weighted by molar-refractivity contribution is 5.78. The van der Waals surface area contributed by atoms with Crippen LogP contribution in [-0.2, 0) is 4.79 Å². The molecule has 1 amide bonds. The number of halogens is 1. The lowest BCUT2D eigenvalue weighted by atomic mass is 10.1. The Morgan fingerprint density at radius 1 is 1.26 bits per heavy atom. The summed E-state index contributed by atoms with van der Waals surface area (Å²) in [6.45, 7) is 0. The van der Waals surface area contributed by atoms with Crippen LogP contribution in [0.2, 0.25) is 0 Å². The average molecular weight is 319 g/mol. The molecule has 2 rings (SSSR count). The third kappa shape index (κ3) is 4.75. The van der Waals surface area contributed by atoms with Crippen molar-refractivity contribution in [3.05, 3.63) is 70.0 Å². The van der Waals surface area contributed by atoms with Crippen molar-refractivity contribution >= 4 is 17.3 Å². The highest BCUT2D eigenvalue weighted by atomic mass is 19.1. The first-order valence-corrected chi connectivity index (χ1v) is 6.68. The summed E-state index contributed by atoms with van der Waals surface area (Å²) in [4.78, 5) is 21.7. The van der Waals surface area contributed by atoms with Crippen molar-refractivity contribution in [2.45, 2.75) is 12.5 Å². The van der Waals surface area contributed by atoms with Crippen molar-refractivity contribution in [3.8, 4) is 0 Å². The van der Waals surface area contributed by atoms with Crippen molar-refractivity contribution in [2.75, 3.05) is 5.43 Å². The van der Waals surface area contributed by atoms with E-state index in [1.165, 1.54) is 42.5 Å². The molecule has 2 aromatic carbocycles. The molecule has 1 atom stereocenters. The number of carbonyl (C=O) groups is 1. The molecule has 0 aliphatic rings. The molecule has 8 heteroatoms. The van der Waals surface area contributed by atoms with Crippen LogP contribution in [0.3, 0.4) is 0 Å². The largest absolute Gasteiger partial charge is 0.388 e. The Balaban J connectivity index is 1.86. The number of nitro groups is 1. The lowest BCUT2D eigenvalue weighted by Gasteiger charge is -2.12. The average Bonchev–Trinajstić information content (AvgIpc) is 2.53. The molecule has 1 unspecified atom stereocenters. The number of non-ortho nitro benzene ring substituents is 1. The van der Waals surface area contributed by atoms with Gasteiger partial charge in [0.25, 0.3) is 5.69 Å². The summed E-state index contributed by atoms with van der Waals surface area (Å²) in [5.74, 6) is -1.01. The van der Waals surface area contributed by atoms with Gasteiger partial charge in [-0.25, -0.2) is 4.39 Å². The minimum absolute atomic E-state index is 0.0663. The van der Waals surface area contributed by atoms with E-state index in [0.29, 0.717) is 11.3 Å². The molecule has 0 spiro atoms. The number of benzene rings is 2. The first kappa shape index (κ1) is 16.4. The first-order chi connectivity index (χ1) is 11.0. The molecule has 0 aromatic heterocycles. The van der Waals surface area contributed by atoms with Gasteiger partial charge in [0.1, 0.15) is 5.82 Å². The fourth-order valence-electron chi connectivity index (χ4n) is 1.87. The Bertz CT molecular complexity index is 706. The summed E-state index contributed by atoms with van der Waals surface area (Å²) in [6, 6.07) is 10.8. The quantitative estimate of drug-likeness (QED) is 0.560. The number of aliphatic hydroxyl groups is 1. The van der Waals surface area contributed by atoms with E-state index in [4.69, 9.17) is 0 Å². The van der Waals surface area contributed by atoms with Gasteiger partial charge < -0.3 is 5.11 Å². The summed E-state index contributed by atoms with van der Waals surface area (Å²) in [7, 11) is 0. The van der Waals surface area contributed by atoms with Crippen molar-refractivity contribution in [3.63, 3.8) is 0 Å². The molecule has 0 saturated carbocycles. The number of aliphatic hydroxyl groups excluding tert-OH is 1. The van der Waals surface area contributed by atoms with Gasteiger partial charge in [-0.05, 0) is 29.8 Å². The Hall–Kier alpha value is -3.00. The third-order valence-electron chi connectivity index (χ3n) is 3.04. The van der Waals surface area contributed by atoms with E-state index in [-0.39, 0.29) is 12.1 Å². The van der Waals surface area contributed by atoms with Gasteiger partial charge in [0.15, 0.2) is 0 Å². The van der Waals surface area contributed by atoms with Crippen molar-refractivity contribution in [1.29, 1.82) is 0 Å². The topological polar surface area (TPSA) is 104 Å². The zero-order valence-corrected chi connectivity index (χ0v) is 11.9. The molecule has 0 fully saturated rings. The molecule has 0 bridgehead atoms. The molecule has 7 nitrogen and oxygen atoms in total. The second kappa shape index (κ2) is 7.32. The number of hydrogen-bond donors (Lipinski definition) is 3. The van der Waals surface area contributed by atoms with E-state index >= 15 is 0 Å². The second-order valence-corrected chi connectivity index (χ2v) is 4.75. The summed E-state index contributed by atoms with van der Waals surface area (Å²) in [6.07, 6.45) is -1.40. The number of hydrogen-bond acceptors (Lipinski definition) is 5.